The molecule has 2 fully saturated rings. The van der Waals surface area contributed by atoms with Gasteiger partial charge in [0.15, 0.2) is 0 Å². The third-order valence-electron chi connectivity index (χ3n) is 7.13. The third kappa shape index (κ3) is 6.59. The summed E-state index contributed by atoms with van der Waals surface area (Å²) in [5, 5.41) is 18.3. The molecule has 0 aliphatic carbocycles. The van der Waals surface area contributed by atoms with Gasteiger partial charge in [0.1, 0.15) is 11.7 Å². The number of hydrogen-bond donors (Lipinski definition) is 2. The van der Waals surface area contributed by atoms with Gasteiger partial charge in [0.2, 0.25) is 5.91 Å². The molecule has 13 nitrogen and oxygen atoms in total. The van der Waals surface area contributed by atoms with Gasteiger partial charge in [0, 0.05) is 69.8 Å². The number of nitrogens with zero attached hydrogens (tertiary/aromatic N) is 5. The summed E-state index contributed by atoms with van der Waals surface area (Å²) >= 11 is 3.31. The molecule has 0 saturated carbocycles. The molecule has 1 aromatic heterocycles. The Morgan fingerprint density at radius 2 is 1.78 bits per heavy atom. The number of nitro benzene ring substituents is 1. The Balaban J connectivity index is 1.69. The van der Waals surface area contributed by atoms with E-state index in [1.807, 2.05) is 13.8 Å². The van der Waals surface area contributed by atoms with Crippen molar-refractivity contribution in [1.82, 2.24) is 19.7 Å². The van der Waals surface area contributed by atoms with Crippen LogP contribution in [0.1, 0.15) is 41.0 Å². The van der Waals surface area contributed by atoms with Crippen molar-refractivity contribution in [2.45, 2.75) is 44.6 Å². The van der Waals surface area contributed by atoms with Crippen LogP contribution in [0.2, 0.25) is 0 Å². The van der Waals surface area contributed by atoms with Crippen LogP contribution >= 0.6 is 15.9 Å². The first kappa shape index (κ1) is 30.2. The van der Waals surface area contributed by atoms with Crippen LogP contribution in [0.15, 0.2) is 35.1 Å². The molecule has 0 unspecified atom stereocenters. The zero-order chi connectivity index (χ0) is 30.0. The molecule has 0 spiro atoms. The van der Waals surface area contributed by atoms with E-state index in [-0.39, 0.29) is 53.9 Å². The number of halogens is 1. The van der Waals surface area contributed by atoms with Gasteiger partial charge in [0.25, 0.3) is 17.5 Å². The monoisotopic (exact) mass is 631 g/mol. The van der Waals surface area contributed by atoms with Crippen molar-refractivity contribution in [1.29, 1.82) is 0 Å². The molecular formula is C27H34BrN7O6. The van der Waals surface area contributed by atoms with Crippen LogP contribution in [-0.2, 0) is 9.53 Å². The maximum Gasteiger partial charge on any atom is 0.294 e. The number of hydrogen-bond acceptors (Lipinski definition) is 9. The molecular weight excluding hydrogens is 598 g/mol. The summed E-state index contributed by atoms with van der Waals surface area (Å²) < 4.78 is 6.14. The van der Waals surface area contributed by atoms with Crippen molar-refractivity contribution < 1.29 is 24.0 Å². The van der Waals surface area contributed by atoms with E-state index in [1.54, 1.807) is 44.4 Å². The van der Waals surface area contributed by atoms with E-state index in [1.165, 1.54) is 22.1 Å². The first-order valence-electron chi connectivity index (χ1n) is 13.2. The lowest BCUT2D eigenvalue weighted by Gasteiger charge is -2.35. The van der Waals surface area contributed by atoms with Crippen molar-refractivity contribution in [2.75, 3.05) is 51.4 Å². The number of likely N-dealkylation sites (tertiary alicyclic amines) is 1. The lowest BCUT2D eigenvalue weighted by Crippen LogP contribution is -2.48. The number of carbonyl (C=O) groups is 3. The molecule has 2 aliphatic rings. The maximum absolute atomic E-state index is 13.7. The van der Waals surface area contributed by atoms with Crippen LogP contribution in [0, 0.1) is 10.1 Å². The molecule has 4 atom stereocenters. The number of benzene rings is 1. The number of morpholine rings is 1. The average molecular weight is 633 g/mol. The predicted octanol–water partition coefficient (Wildman–Crippen LogP) is 2.83. The maximum atomic E-state index is 13.7. The minimum atomic E-state index is -0.817. The lowest BCUT2D eigenvalue weighted by atomic mass is 10.1. The molecule has 2 N–H and O–H groups in total. The number of ether oxygens (including phenoxy) is 1. The number of amides is 3. The van der Waals surface area contributed by atoms with Gasteiger partial charge in [-0.15, -0.1) is 0 Å². The van der Waals surface area contributed by atoms with E-state index in [4.69, 9.17) is 4.74 Å². The van der Waals surface area contributed by atoms with Gasteiger partial charge in [-0.1, -0.05) is 15.9 Å². The van der Waals surface area contributed by atoms with E-state index in [0.717, 1.165) is 0 Å². The number of anilines is 2. The highest BCUT2D eigenvalue weighted by Gasteiger charge is 2.42. The topological polar surface area (TPSA) is 150 Å². The van der Waals surface area contributed by atoms with E-state index >= 15 is 0 Å². The third-order valence-corrected chi connectivity index (χ3v) is 7.58. The fourth-order valence-electron chi connectivity index (χ4n) is 5.33. The molecule has 2 saturated heterocycles. The second-order valence-electron chi connectivity index (χ2n) is 10.6. The second-order valence-corrected chi connectivity index (χ2v) is 11.5. The summed E-state index contributed by atoms with van der Waals surface area (Å²) in [6.45, 7) is 4.50. The van der Waals surface area contributed by atoms with Gasteiger partial charge < -0.3 is 30.1 Å². The number of rotatable bonds is 7. The van der Waals surface area contributed by atoms with Gasteiger partial charge in [-0.25, -0.2) is 0 Å². The summed E-state index contributed by atoms with van der Waals surface area (Å²) in [5.74, 6) is -1.05. The standard InChI is InChI=1S/C27H34BrN7O6/c1-15-12-33(13-16(2)41-15)26(37)21-7-18(28)8-22(35(39)40)24(21)31-20-9-23(27(38)32(4)5)34(14-20)25(36)17-6-19(29-3)11-30-10-17/h6-8,10-11,15-16,20,23,29,31H,9,12-14H2,1-5H3/t15-,16+,20-,23+/m1/s1. The number of pyridine rings is 1. The molecule has 1 aromatic carbocycles. The number of likely N-dealkylation sites (N-methyl/N-ethyl adjacent to an activating group) is 1. The highest BCUT2D eigenvalue weighted by Crippen LogP contribution is 2.36. The second kappa shape index (κ2) is 12.4. The molecule has 41 heavy (non-hydrogen) atoms. The molecule has 2 aliphatic heterocycles. The van der Waals surface area contributed by atoms with E-state index in [2.05, 4.69) is 31.5 Å². The van der Waals surface area contributed by atoms with Crippen molar-refractivity contribution >= 4 is 50.7 Å². The highest BCUT2D eigenvalue weighted by atomic mass is 79.9. The fourth-order valence-corrected chi connectivity index (χ4v) is 5.78. The van der Waals surface area contributed by atoms with Crippen molar-refractivity contribution in [2.24, 2.45) is 0 Å². The Labute approximate surface area is 246 Å². The number of aromatic nitrogens is 1. The van der Waals surface area contributed by atoms with Gasteiger partial charge in [-0.3, -0.25) is 29.5 Å². The van der Waals surface area contributed by atoms with Gasteiger partial charge >= 0.3 is 0 Å². The lowest BCUT2D eigenvalue weighted by molar-refractivity contribution is -0.384. The van der Waals surface area contributed by atoms with Crippen LogP contribution in [-0.4, -0.2) is 107 Å². The largest absolute Gasteiger partial charge is 0.387 e. The molecule has 0 radical (unpaired) electrons. The first-order valence-corrected chi connectivity index (χ1v) is 14.0. The van der Waals surface area contributed by atoms with Crippen LogP contribution in [0.5, 0.6) is 0 Å². The van der Waals surface area contributed by atoms with E-state index in [9.17, 15) is 24.5 Å². The normalized spacial score (nSPS) is 22.3. The summed E-state index contributed by atoms with van der Waals surface area (Å²) in [7, 11) is 4.92. The molecule has 2 aromatic rings. The summed E-state index contributed by atoms with van der Waals surface area (Å²) in [6, 6.07) is 3.16. The summed E-state index contributed by atoms with van der Waals surface area (Å²) in [5.41, 5.74) is 0.821. The van der Waals surface area contributed by atoms with E-state index < -0.39 is 22.9 Å². The molecule has 0 bridgehead atoms. The molecule has 4 rings (SSSR count). The zero-order valence-corrected chi connectivity index (χ0v) is 25.2. The smallest absolute Gasteiger partial charge is 0.294 e. The molecule has 3 heterocycles. The van der Waals surface area contributed by atoms with Crippen LogP contribution in [0.3, 0.4) is 0 Å². The summed E-state index contributed by atoms with van der Waals surface area (Å²) in [4.78, 5) is 60.7. The Hall–Kier alpha value is -3.78. The quantitative estimate of drug-likeness (QED) is 0.347. The zero-order valence-electron chi connectivity index (χ0n) is 23.6. The Morgan fingerprint density at radius 1 is 1.10 bits per heavy atom. The molecule has 220 valence electrons. The van der Waals surface area contributed by atoms with Gasteiger partial charge in [0.05, 0.1) is 33.9 Å². The van der Waals surface area contributed by atoms with Gasteiger partial charge in [-0.2, -0.15) is 0 Å². The Morgan fingerprint density at radius 3 is 2.39 bits per heavy atom. The number of nitro groups is 1. The Kier molecular flexibility index (Phi) is 9.12. The van der Waals surface area contributed by atoms with Crippen molar-refractivity contribution in [3.8, 4) is 0 Å². The highest BCUT2D eigenvalue weighted by molar-refractivity contribution is 9.10. The van der Waals surface area contributed by atoms with Crippen LogP contribution in [0.4, 0.5) is 17.1 Å². The Bertz CT molecular complexity index is 1350. The summed E-state index contributed by atoms with van der Waals surface area (Å²) in [6.07, 6.45) is 2.82. The van der Waals surface area contributed by atoms with Crippen molar-refractivity contribution in [3.05, 3.63) is 56.3 Å². The minimum absolute atomic E-state index is 0.0456. The molecule has 14 heteroatoms. The number of nitrogens with one attached hydrogen (secondary N) is 2. The average Bonchev–Trinajstić information content (AvgIpc) is 3.35. The SMILES string of the molecule is CNc1cncc(C(=O)N2C[C@H](Nc3c(C(=O)N4C[C@@H](C)O[C@@H](C)C4)cc(Br)cc3[N+](=O)[O-])C[C@H]2C(=O)N(C)C)c1. The van der Waals surface area contributed by atoms with Crippen LogP contribution < -0.4 is 10.6 Å². The van der Waals surface area contributed by atoms with Gasteiger partial charge in [-0.05, 0) is 32.4 Å². The van der Waals surface area contributed by atoms with Crippen LogP contribution in [0.25, 0.3) is 0 Å². The fraction of sp³-hybridized carbons (Fsp3) is 0.481. The van der Waals surface area contributed by atoms with E-state index in [0.29, 0.717) is 28.8 Å². The predicted molar refractivity (Wildman–Crippen MR) is 156 cm³/mol. The molecule has 3 amide bonds. The minimum Gasteiger partial charge on any atom is -0.387 e. The van der Waals surface area contributed by atoms with Crippen molar-refractivity contribution in [3.63, 3.8) is 0 Å². The first-order chi connectivity index (χ1) is 19.4. The number of carbonyl (C=O) groups excluding carboxylic acids is 3.